The largest absolute Gasteiger partial charge is 0.393 e. The molecule has 0 radical (unpaired) electrons. The zero-order chi connectivity index (χ0) is 17.3. The summed E-state index contributed by atoms with van der Waals surface area (Å²) < 4.78 is 0. The van der Waals surface area contributed by atoms with Crippen molar-refractivity contribution in [3.63, 3.8) is 0 Å². The topological polar surface area (TPSA) is 66.5 Å². The van der Waals surface area contributed by atoms with Gasteiger partial charge in [-0.1, -0.05) is 25.5 Å². The molecule has 0 unspecified atom stereocenters. The highest BCUT2D eigenvalue weighted by Crippen LogP contribution is 2.67. The van der Waals surface area contributed by atoms with Crippen LogP contribution in [0.15, 0.2) is 11.6 Å². The third kappa shape index (κ3) is 2.01. The second-order valence-electron chi connectivity index (χ2n) is 9.87. The molecule has 0 heterocycles. The predicted molar refractivity (Wildman–Crippen MR) is 96.3 cm³/mol. The Morgan fingerprint density at radius 3 is 2.54 bits per heavy atom. The number of allylic oxidation sites excluding steroid dienone is 1. The van der Waals surface area contributed by atoms with E-state index < -0.39 is 11.6 Å². The van der Waals surface area contributed by atoms with E-state index in [9.17, 15) is 10.2 Å². The highest BCUT2D eigenvalue weighted by molar-refractivity contribution is 5.26. The lowest BCUT2D eigenvalue weighted by Crippen LogP contribution is -2.62. The van der Waals surface area contributed by atoms with Gasteiger partial charge in [0.05, 0.1) is 12.2 Å². The molecule has 4 N–H and O–H groups in total. The Morgan fingerprint density at radius 1 is 1.12 bits per heavy atom. The molecule has 0 spiro atoms. The summed E-state index contributed by atoms with van der Waals surface area (Å²) in [6.45, 7) is 6.71. The molecule has 4 rings (SSSR count). The van der Waals surface area contributed by atoms with Crippen molar-refractivity contribution in [2.24, 2.45) is 34.3 Å². The van der Waals surface area contributed by atoms with E-state index in [1.54, 1.807) is 0 Å². The number of aliphatic hydroxyl groups excluding tert-OH is 2. The molecule has 3 heteroatoms. The fourth-order valence-corrected chi connectivity index (χ4v) is 7.44. The molecule has 3 saturated carbocycles. The number of hydrogen-bond donors (Lipinski definition) is 3. The van der Waals surface area contributed by atoms with Crippen molar-refractivity contribution in [3.05, 3.63) is 11.6 Å². The van der Waals surface area contributed by atoms with Crippen LogP contribution in [0.1, 0.15) is 72.1 Å². The molecule has 0 amide bonds. The fourth-order valence-electron chi connectivity index (χ4n) is 7.44. The SMILES string of the molecule is C[C@H](O)[C@]1(N)CC[C@@H]2[C@H]3CC=C4C[C@@H](O)CC[C@]4(C)[C@@H]3CC[C@@]21C. The lowest BCUT2D eigenvalue weighted by molar-refractivity contribution is -0.0778. The molecule has 0 aliphatic heterocycles. The van der Waals surface area contributed by atoms with Gasteiger partial charge in [-0.15, -0.1) is 0 Å². The van der Waals surface area contributed by atoms with Crippen molar-refractivity contribution >= 4 is 0 Å². The second kappa shape index (κ2) is 5.31. The number of hydrogen-bond acceptors (Lipinski definition) is 3. The van der Waals surface area contributed by atoms with Gasteiger partial charge < -0.3 is 15.9 Å². The lowest BCUT2D eigenvalue weighted by Gasteiger charge is -2.59. The van der Waals surface area contributed by atoms with Gasteiger partial charge in [0.2, 0.25) is 0 Å². The van der Waals surface area contributed by atoms with Crippen molar-refractivity contribution in [2.75, 3.05) is 0 Å². The number of fused-ring (bicyclic) bond motifs is 5. The van der Waals surface area contributed by atoms with E-state index in [0.717, 1.165) is 44.4 Å². The van der Waals surface area contributed by atoms with Crippen molar-refractivity contribution < 1.29 is 10.2 Å². The normalized spacial score (nSPS) is 55.2. The predicted octanol–water partition coefficient (Wildman–Crippen LogP) is 3.39. The highest BCUT2D eigenvalue weighted by Gasteiger charge is 2.63. The molecular formula is C21H35NO2. The molecule has 8 atom stereocenters. The molecule has 3 nitrogen and oxygen atoms in total. The van der Waals surface area contributed by atoms with Gasteiger partial charge in [-0.25, -0.2) is 0 Å². The van der Waals surface area contributed by atoms with Crippen molar-refractivity contribution in [2.45, 2.75) is 89.9 Å². The van der Waals surface area contributed by atoms with Crippen LogP contribution in [0.3, 0.4) is 0 Å². The van der Waals surface area contributed by atoms with Gasteiger partial charge in [0.25, 0.3) is 0 Å². The Hall–Kier alpha value is -0.380. The first-order chi connectivity index (χ1) is 11.2. The third-order valence-corrected chi connectivity index (χ3v) is 9.15. The lowest BCUT2D eigenvalue weighted by atomic mass is 9.46. The number of aliphatic hydroxyl groups is 2. The molecule has 4 aliphatic rings. The summed E-state index contributed by atoms with van der Waals surface area (Å²) >= 11 is 0. The third-order valence-electron chi connectivity index (χ3n) is 9.15. The van der Waals surface area contributed by atoms with E-state index in [2.05, 4.69) is 19.9 Å². The van der Waals surface area contributed by atoms with Crippen LogP contribution in [-0.4, -0.2) is 28.0 Å². The number of nitrogens with two attached hydrogens (primary N) is 1. The van der Waals surface area contributed by atoms with Gasteiger partial charge in [0.1, 0.15) is 0 Å². The zero-order valence-electron chi connectivity index (χ0n) is 15.6. The maximum Gasteiger partial charge on any atom is 0.0697 e. The zero-order valence-corrected chi connectivity index (χ0v) is 15.6. The minimum absolute atomic E-state index is 0.0677. The van der Waals surface area contributed by atoms with Crippen LogP contribution in [-0.2, 0) is 0 Å². The summed E-state index contributed by atoms with van der Waals surface area (Å²) in [7, 11) is 0. The van der Waals surface area contributed by atoms with Crippen LogP contribution >= 0.6 is 0 Å². The van der Waals surface area contributed by atoms with Gasteiger partial charge in [-0.2, -0.15) is 0 Å². The molecular weight excluding hydrogens is 298 g/mol. The summed E-state index contributed by atoms with van der Waals surface area (Å²) in [4.78, 5) is 0. The van der Waals surface area contributed by atoms with E-state index in [0.29, 0.717) is 11.8 Å². The summed E-state index contributed by atoms with van der Waals surface area (Å²) in [5.41, 5.74) is 8.26. The number of rotatable bonds is 1. The van der Waals surface area contributed by atoms with Crippen LogP contribution in [0.4, 0.5) is 0 Å². The molecule has 0 bridgehead atoms. The first kappa shape index (κ1) is 17.1. The average Bonchev–Trinajstić information content (AvgIpc) is 2.81. The first-order valence-corrected chi connectivity index (χ1v) is 10.1. The molecule has 3 fully saturated rings. The van der Waals surface area contributed by atoms with E-state index in [-0.39, 0.29) is 16.9 Å². The highest BCUT2D eigenvalue weighted by atomic mass is 16.3. The molecule has 0 saturated heterocycles. The van der Waals surface area contributed by atoms with Crippen LogP contribution in [0.2, 0.25) is 0 Å². The Kier molecular flexibility index (Phi) is 3.77. The van der Waals surface area contributed by atoms with Crippen LogP contribution in [0, 0.1) is 28.6 Å². The summed E-state index contributed by atoms with van der Waals surface area (Å²) in [6, 6.07) is 0. The molecule has 24 heavy (non-hydrogen) atoms. The quantitative estimate of drug-likeness (QED) is 0.644. The van der Waals surface area contributed by atoms with E-state index in [1.165, 1.54) is 18.4 Å². The molecule has 0 aromatic heterocycles. The van der Waals surface area contributed by atoms with Crippen molar-refractivity contribution in [3.8, 4) is 0 Å². The van der Waals surface area contributed by atoms with E-state index in [1.807, 2.05) is 6.92 Å². The Morgan fingerprint density at radius 2 is 1.83 bits per heavy atom. The molecule has 4 aliphatic carbocycles. The maximum absolute atomic E-state index is 10.4. The molecule has 0 aromatic carbocycles. The first-order valence-electron chi connectivity index (χ1n) is 10.1. The van der Waals surface area contributed by atoms with E-state index >= 15 is 0 Å². The minimum Gasteiger partial charge on any atom is -0.393 e. The monoisotopic (exact) mass is 333 g/mol. The standard InChI is InChI=1S/C21H35NO2/c1-13(23)21(22)11-8-18-16-5-4-14-12-15(24)6-9-19(14,2)17(16)7-10-20(18,21)3/h4,13,15-18,23-24H,5-12,22H2,1-3H3/t13-,15-,16-,17+,18+,19-,20-,21+/m0/s1. The van der Waals surface area contributed by atoms with Crippen LogP contribution < -0.4 is 5.73 Å². The smallest absolute Gasteiger partial charge is 0.0697 e. The van der Waals surface area contributed by atoms with Gasteiger partial charge in [0.15, 0.2) is 0 Å². The van der Waals surface area contributed by atoms with Crippen molar-refractivity contribution in [1.29, 1.82) is 0 Å². The van der Waals surface area contributed by atoms with Gasteiger partial charge >= 0.3 is 0 Å². The van der Waals surface area contributed by atoms with E-state index in [4.69, 9.17) is 5.73 Å². The van der Waals surface area contributed by atoms with Crippen LogP contribution in [0.5, 0.6) is 0 Å². The minimum atomic E-state index is -0.431. The summed E-state index contributed by atoms with van der Waals surface area (Å²) in [5.74, 6) is 2.08. The molecule has 0 aromatic rings. The van der Waals surface area contributed by atoms with Crippen molar-refractivity contribution in [1.82, 2.24) is 0 Å². The second-order valence-corrected chi connectivity index (χ2v) is 9.87. The van der Waals surface area contributed by atoms with Gasteiger partial charge in [-0.3, -0.25) is 0 Å². The van der Waals surface area contributed by atoms with Gasteiger partial charge in [0, 0.05) is 5.54 Å². The molecule has 136 valence electrons. The van der Waals surface area contributed by atoms with Gasteiger partial charge in [-0.05, 0) is 86.9 Å². The Labute approximate surface area is 146 Å². The summed E-state index contributed by atoms with van der Waals surface area (Å²) in [6.07, 6.45) is 10.5. The average molecular weight is 334 g/mol. The maximum atomic E-state index is 10.4. The fraction of sp³-hybridized carbons (Fsp3) is 0.905. The Bertz CT molecular complexity index is 558. The Balaban J connectivity index is 1.68. The summed E-state index contributed by atoms with van der Waals surface area (Å²) in [5, 5.41) is 20.5. The van der Waals surface area contributed by atoms with Crippen LogP contribution in [0.25, 0.3) is 0 Å².